The summed E-state index contributed by atoms with van der Waals surface area (Å²) in [6.07, 6.45) is 6.58. The van der Waals surface area contributed by atoms with Gasteiger partial charge >= 0.3 is 0 Å². The van der Waals surface area contributed by atoms with Gasteiger partial charge in [-0.2, -0.15) is 4.37 Å². The van der Waals surface area contributed by atoms with E-state index in [1.54, 1.807) is 12.1 Å². The molecule has 0 bridgehead atoms. The molecular formula is C30H39N5O4S. The molecule has 10 heteroatoms. The second-order valence-corrected chi connectivity index (χ2v) is 12.4. The Labute approximate surface area is 239 Å². The SMILES string of the molecule is CC(C)c1ccc(N(C(=O)c2snc(C(=O)NC3CCCCC3)c2N)C(C(=O)NC(C)(C)C)c2ccco2)cc1. The Morgan fingerprint density at radius 1 is 1.07 bits per heavy atom. The van der Waals surface area contributed by atoms with Crippen LogP contribution in [0.5, 0.6) is 0 Å². The molecule has 1 aliphatic rings. The summed E-state index contributed by atoms with van der Waals surface area (Å²) in [7, 11) is 0. The molecule has 1 saturated carbocycles. The van der Waals surface area contributed by atoms with Crippen LogP contribution in [0, 0.1) is 0 Å². The number of rotatable bonds is 8. The number of hydrogen-bond donors (Lipinski definition) is 3. The van der Waals surface area contributed by atoms with Gasteiger partial charge < -0.3 is 20.8 Å². The zero-order chi connectivity index (χ0) is 29.0. The topological polar surface area (TPSA) is 131 Å². The molecule has 0 radical (unpaired) electrons. The Hall–Kier alpha value is -3.66. The largest absolute Gasteiger partial charge is 0.467 e. The molecule has 1 aromatic carbocycles. The zero-order valence-electron chi connectivity index (χ0n) is 23.8. The number of hydrogen-bond acceptors (Lipinski definition) is 7. The van der Waals surface area contributed by atoms with Gasteiger partial charge in [0.15, 0.2) is 11.7 Å². The third-order valence-electron chi connectivity index (χ3n) is 6.95. The van der Waals surface area contributed by atoms with E-state index in [4.69, 9.17) is 10.2 Å². The number of aromatic nitrogens is 1. The quantitative estimate of drug-likeness (QED) is 0.316. The lowest BCUT2D eigenvalue weighted by Gasteiger charge is -2.32. The van der Waals surface area contributed by atoms with Crippen LogP contribution in [0.25, 0.3) is 0 Å². The molecule has 2 aromatic heterocycles. The first-order chi connectivity index (χ1) is 19.0. The van der Waals surface area contributed by atoms with Crippen molar-refractivity contribution >= 4 is 40.6 Å². The van der Waals surface area contributed by atoms with E-state index in [0.29, 0.717) is 11.4 Å². The van der Waals surface area contributed by atoms with E-state index in [9.17, 15) is 14.4 Å². The van der Waals surface area contributed by atoms with E-state index in [1.807, 2.05) is 45.0 Å². The van der Waals surface area contributed by atoms with Gasteiger partial charge in [0, 0.05) is 17.3 Å². The minimum atomic E-state index is -1.13. The molecule has 4 N–H and O–H groups in total. The molecule has 1 atom stereocenters. The van der Waals surface area contributed by atoms with Gasteiger partial charge in [-0.1, -0.05) is 45.2 Å². The number of anilines is 2. The molecule has 0 spiro atoms. The van der Waals surface area contributed by atoms with Crippen molar-refractivity contribution in [3.63, 3.8) is 0 Å². The standard InChI is InChI=1S/C30H39N5O4S/c1-18(2)19-13-15-21(16-14-19)35(25(22-12-9-17-39-22)28(37)33-30(3,4)5)29(38)26-23(31)24(34-40-26)27(36)32-20-10-7-6-8-11-20/h9,12-18,20,25H,6-8,10-11,31H2,1-5H3,(H,32,36)(H,33,37). The predicted molar refractivity (Wildman–Crippen MR) is 158 cm³/mol. The summed E-state index contributed by atoms with van der Waals surface area (Å²) in [6.45, 7) is 9.76. The van der Waals surface area contributed by atoms with Gasteiger partial charge in [0.25, 0.3) is 17.7 Å². The molecule has 9 nitrogen and oxygen atoms in total. The van der Waals surface area contributed by atoms with E-state index >= 15 is 0 Å². The fraction of sp³-hybridized carbons (Fsp3) is 0.467. The summed E-state index contributed by atoms with van der Waals surface area (Å²) in [5.74, 6) is -0.774. The number of nitrogens with zero attached hydrogens (tertiary/aromatic N) is 2. The summed E-state index contributed by atoms with van der Waals surface area (Å²) < 4.78 is 9.95. The Morgan fingerprint density at radius 2 is 1.75 bits per heavy atom. The highest BCUT2D eigenvalue weighted by molar-refractivity contribution is 7.09. The lowest BCUT2D eigenvalue weighted by molar-refractivity contribution is -0.124. The number of nitrogens with one attached hydrogen (secondary N) is 2. The van der Waals surface area contributed by atoms with Crippen molar-refractivity contribution in [2.24, 2.45) is 0 Å². The molecule has 214 valence electrons. The highest BCUT2D eigenvalue weighted by atomic mass is 32.1. The molecule has 1 fully saturated rings. The first kappa shape index (κ1) is 29.3. The summed E-state index contributed by atoms with van der Waals surface area (Å²) in [5, 5.41) is 5.99. The van der Waals surface area contributed by atoms with E-state index < -0.39 is 23.4 Å². The van der Waals surface area contributed by atoms with Gasteiger partial charge in [0.05, 0.1) is 12.0 Å². The van der Waals surface area contributed by atoms with Crippen molar-refractivity contribution in [3.8, 4) is 0 Å². The predicted octanol–water partition coefficient (Wildman–Crippen LogP) is 5.81. The summed E-state index contributed by atoms with van der Waals surface area (Å²) in [4.78, 5) is 42.5. The molecule has 3 aromatic rings. The Bertz CT molecular complexity index is 1320. The minimum absolute atomic E-state index is 0.00142. The van der Waals surface area contributed by atoms with Gasteiger partial charge in [0.1, 0.15) is 10.6 Å². The van der Waals surface area contributed by atoms with Crippen molar-refractivity contribution in [2.45, 2.75) is 90.3 Å². The van der Waals surface area contributed by atoms with Gasteiger partial charge in [-0.3, -0.25) is 19.3 Å². The van der Waals surface area contributed by atoms with E-state index in [1.165, 1.54) is 11.2 Å². The number of nitrogens with two attached hydrogens (primary N) is 1. The van der Waals surface area contributed by atoms with E-state index in [-0.39, 0.29) is 34.1 Å². The van der Waals surface area contributed by atoms with E-state index in [0.717, 1.165) is 49.2 Å². The van der Waals surface area contributed by atoms with Gasteiger partial charge in [0.2, 0.25) is 0 Å². The number of furan rings is 1. The lowest BCUT2D eigenvalue weighted by Crippen LogP contribution is -2.49. The maximum atomic E-state index is 14.3. The van der Waals surface area contributed by atoms with Crippen molar-refractivity contribution < 1.29 is 18.8 Å². The average molecular weight is 566 g/mol. The fourth-order valence-corrected chi connectivity index (χ4v) is 5.62. The van der Waals surface area contributed by atoms with Crippen LogP contribution in [0.4, 0.5) is 11.4 Å². The molecule has 2 heterocycles. The van der Waals surface area contributed by atoms with Gasteiger partial charge in [-0.05, 0) is 80.9 Å². The number of carbonyl (C=O) groups is 3. The number of nitrogen functional groups attached to an aromatic ring is 1. The highest BCUT2D eigenvalue weighted by Crippen LogP contribution is 2.34. The second-order valence-electron chi connectivity index (χ2n) is 11.7. The van der Waals surface area contributed by atoms with E-state index in [2.05, 4.69) is 28.9 Å². The van der Waals surface area contributed by atoms with Crippen molar-refractivity contribution in [2.75, 3.05) is 10.6 Å². The highest BCUT2D eigenvalue weighted by Gasteiger charge is 2.39. The van der Waals surface area contributed by atoms with Crippen LogP contribution >= 0.6 is 11.5 Å². The van der Waals surface area contributed by atoms with Gasteiger partial charge in [-0.15, -0.1) is 0 Å². The zero-order valence-corrected chi connectivity index (χ0v) is 24.6. The van der Waals surface area contributed by atoms with Crippen LogP contribution in [-0.4, -0.2) is 33.7 Å². The molecule has 1 aliphatic carbocycles. The Morgan fingerprint density at radius 3 is 2.33 bits per heavy atom. The van der Waals surface area contributed by atoms with Crippen molar-refractivity contribution in [1.82, 2.24) is 15.0 Å². The van der Waals surface area contributed by atoms with Crippen molar-refractivity contribution in [3.05, 3.63) is 64.6 Å². The molecule has 3 amide bonds. The monoisotopic (exact) mass is 565 g/mol. The lowest BCUT2D eigenvalue weighted by atomic mass is 9.95. The molecule has 40 heavy (non-hydrogen) atoms. The molecule has 0 aliphatic heterocycles. The summed E-state index contributed by atoms with van der Waals surface area (Å²) in [6, 6.07) is 9.75. The normalized spacial score (nSPS) is 15.1. The molecule has 1 unspecified atom stereocenters. The fourth-order valence-electron chi connectivity index (χ4n) is 4.89. The first-order valence-electron chi connectivity index (χ1n) is 13.8. The second kappa shape index (κ2) is 12.2. The van der Waals surface area contributed by atoms with Crippen LogP contribution in [-0.2, 0) is 4.79 Å². The maximum absolute atomic E-state index is 14.3. The maximum Gasteiger partial charge on any atom is 0.273 e. The number of benzene rings is 1. The van der Waals surface area contributed by atoms with Crippen LogP contribution in [0.15, 0.2) is 47.1 Å². The summed E-state index contributed by atoms with van der Waals surface area (Å²) in [5.41, 5.74) is 7.44. The third-order valence-corrected chi connectivity index (χ3v) is 7.80. The van der Waals surface area contributed by atoms with Gasteiger partial charge in [-0.25, -0.2) is 0 Å². The average Bonchev–Trinajstić information content (AvgIpc) is 3.56. The minimum Gasteiger partial charge on any atom is -0.467 e. The molecular weight excluding hydrogens is 526 g/mol. The van der Waals surface area contributed by atoms with Crippen LogP contribution in [0.3, 0.4) is 0 Å². The third kappa shape index (κ3) is 6.72. The first-order valence-corrected chi connectivity index (χ1v) is 14.6. The van der Waals surface area contributed by atoms with Crippen molar-refractivity contribution in [1.29, 1.82) is 0 Å². The smallest absolute Gasteiger partial charge is 0.273 e. The van der Waals surface area contributed by atoms with Crippen LogP contribution in [0.2, 0.25) is 0 Å². The number of amides is 3. The molecule has 0 saturated heterocycles. The Kier molecular flexibility index (Phi) is 8.98. The molecule has 4 rings (SSSR count). The Balaban J connectivity index is 1.75. The van der Waals surface area contributed by atoms with Crippen LogP contribution < -0.4 is 21.3 Å². The summed E-state index contributed by atoms with van der Waals surface area (Å²) >= 11 is 0.856. The number of carbonyl (C=O) groups excluding carboxylic acids is 3. The van der Waals surface area contributed by atoms with Crippen LogP contribution in [0.1, 0.15) is 110 Å².